The summed E-state index contributed by atoms with van der Waals surface area (Å²) in [6.45, 7) is 0.435. The molecule has 3 nitrogen and oxygen atoms in total. The number of benzene rings is 1. The maximum Gasteiger partial charge on any atom is 0.120 e. The minimum atomic E-state index is -0.125. The van der Waals surface area contributed by atoms with Gasteiger partial charge >= 0.3 is 0 Å². The maximum atomic E-state index is 5.79. The summed E-state index contributed by atoms with van der Waals surface area (Å²) in [4.78, 5) is 0. The second-order valence-corrected chi connectivity index (χ2v) is 3.58. The van der Waals surface area contributed by atoms with Gasteiger partial charge in [0.15, 0.2) is 0 Å². The van der Waals surface area contributed by atoms with Gasteiger partial charge in [0.25, 0.3) is 0 Å². The van der Waals surface area contributed by atoms with Gasteiger partial charge in [-0.2, -0.15) is 0 Å². The van der Waals surface area contributed by atoms with Gasteiger partial charge in [0.1, 0.15) is 5.75 Å². The average molecular weight is 245 g/mol. The van der Waals surface area contributed by atoms with Crippen molar-refractivity contribution in [2.24, 2.45) is 11.5 Å². The van der Waals surface area contributed by atoms with Gasteiger partial charge in [-0.3, -0.25) is 0 Å². The first kappa shape index (κ1) is 10.5. The molecular formula is C9H13BrN2O. The van der Waals surface area contributed by atoms with Crippen LogP contribution in [0.2, 0.25) is 0 Å². The molecule has 0 unspecified atom stereocenters. The summed E-state index contributed by atoms with van der Waals surface area (Å²) < 4.78 is 6.00. The number of methoxy groups -OCH3 is 1. The standard InChI is InChI=1S/C9H13BrN2O/c1-13-6-2-3-7(8(10)4-6)9(12)5-11/h2-4,9H,5,11-12H2,1H3/t9-/m1/s1. The fourth-order valence-corrected chi connectivity index (χ4v) is 1.71. The Morgan fingerprint density at radius 2 is 2.23 bits per heavy atom. The van der Waals surface area contributed by atoms with Crippen molar-refractivity contribution in [3.63, 3.8) is 0 Å². The molecule has 72 valence electrons. The normalized spacial score (nSPS) is 12.6. The Labute approximate surface area is 86.2 Å². The summed E-state index contributed by atoms with van der Waals surface area (Å²) >= 11 is 3.41. The predicted molar refractivity (Wildman–Crippen MR) is 56.7 cm³/mol. The largest absolute Gasteiger partial charge is 0.497 e. The molecule has 0 spiro atoms. The highest BCUT2D eigenvalue weighted by Gasteiger charge is 2.08. The monoisotopic (exact) mass is 244 g/mol. The van der Waals surface area contributed by atoms with Crippen molar-refractivity contribution in [3.8, 4) is 5.75 Å². The van der Waals surface area contributed by atoms with Crippen LogP contribution in [0.5, 0.6) is 5.75 Å². The summed E-state index contributed by atoms with van der Waals surface area (Å²) in [5.74, 6) is 0.805. The summed E-state index contributed by atoms with van der Waals surface area (Å²) in [6, 6.07) is 5.54. The van der Waals surface area contributed by atoms with E-state index >= 15 is 0 Å². The molecule has 0 radical (unpaired) electrons. The summed E-state index contributed by atoms with van der Waals surface area (Å²) in [6.07, 6.45) is 0. The van der Waals surface area contributed by atoms with E-state index in [-0.39, 0.29) is 6.04 Å². The Kier molecular flexibility index (Phi) is 3.71. The molecule has 0 aliphatic rings. The summed E-state index contributed by atoms with van der Waals surface area (Å²) in [5, 5.41) is 0. The topological polar surface area (TPSA) is 61.3 Å². The first-order valence-corrected chi connectivity index (χ1v) is 4.77. The van der Waals surface area contributed by atoms with Crippen LogP contribution in [0.25, 0.3) is 0 Å². The van der Waals surface area contributed by atoms with Crippen molar-refractivity contribution in [1.82, 2.24) is 0 Å². The number of ether oxygens (including phenoxy) is 1. The Morgan fingerprint density at radius 1 is 1.54 bits per heavy atom. The van der Waals surface area contributed by atoms with E-state index in [0.29, 0.717) is 6.54 Å². The quantitative estimate of drug-likeness (QED) is 0.846. The molecule has 13 heavy (non-hydrogen) atoms. The first-order chi connectivity index (χ1) is 6.19. The molecule has 4 heteroatoms. The van der Waals surface area contributed by atoms with E-state index in [9.17, 15) is 0 Å². The lowest BCUT2D eigenvalue weighted by Crippen LogP contribution is -2.21. The second kappa shape index (κ2) is 4.60. The van der Waals surface area contributed by atoms with Gasteiger partial charge < -0.3 is 16.2 Å². The molecule has 1 aromatic rings. The van der Waals surface area contributed by atoms with Crippen molar-refractivity contribution in [2.45, 2.75) is 6.04 Å². The lowest BCUT2D eigenvalue weighted by atomic mass is 10.1. The third-order valence-corrected chi connectivity index (χ3v) is 2.55. The number of rotatable bonds is 3. The van der Waals surface area contributed by atoms with E-state index in [0.717, 1.165) is 15.8 Å². The van der Waals surface area contributed by atoms with Gasteiger partial charge in [0.05, 0.1) is 7.11 Å². The molecule has 4 N–H and O–H groups in total. The highest BCUT2D eigenvalue weighted by molar-refractivity contribution is 9.10. The molecule has 1 atom stereocenters. The van der Waals surface area contributed by atoms with Crippen LogP contribution in [-0.4, -0.2) is 13.7 Å². The second-order valence-electron chi connectivity index (χ2n) is 2.73. The van der Waals surface area contributed by atoms with E-state index < -0.39 is 0 Å². The number of halogens is 1. The van der Waals surface area contributed by atoms with E-state index in [2.05, 4.69) is 15.9 Å². The zero-order chi connectivity index (χ0) is 9.84. The van der Waals surface area contributed by atoms with Crippen LogP contribution in [-0.2, 0) is 0 Å². The van der Waals surface area contributed by atoms with Gasteiger partial charge in [-0.15, -0.1) is 0 Å². The number of hydrogen-bond donors (Lipinski definition) is 2. The molecule has 0 saturated carbocycles. The number of hydrogen-bond acceptors (Lipinski definition) is 3. The molecular weight excluding hydrogens is 232 g/mol. The SMILES string of the molecule is COc1ccc([C@H](N)CN)c(Br)c1. The van der Waals surface area contributed by atoms with E-state index in [1.807, 2.05) is 18.2 Å². The van der Waals surface area contributed by atoms with Crippen LogP contribution in [0.4, 0.5) is 0 Å². The molecule has 0 aliphatic heterocycles. The smallest absolute Gasteiger partial charge is 0.120 e. The fourth-order valence-electron chi connectivity index (χ4n) is 1.06. The molecule has 0 aliphatic carbocycles. The minimum absolute atomic E-state index is 0.125. The third kappa shape index (κ3) is 2.43. The van der Waals surface area contributed by atoms with Crippen LogP contribution in [0, 0.1) is 0 Å². The van der Waals surface area contributed by atoms with Crippen molar-refractivity contribution < 1.29 is 4.74 Å². The van der Waals surface area contributed by atoms with Gasteiger partial charge in [0, 0.05) is 17.1 Å². The van der Waals surface area contributed by atoms with E-state index in [4.69, 9.17) is 16.2 Å². The van der Waals surface area contributed by atoms with Crippen LogP contribution >= 0.6 is 15.9 Å². The molecule has 1 aromatic carbocycles. The third-order valence-electron chi connectivity index (χ3n) is 1.86. The van der Waals surface area contributed by atoms with Crippen molar-refractivity contribution in [3.05, 3.63) is 28.2 Å². The molecule has 0 saturated heterocycles. The van der Waals surface area contributed by atoms with Crippen LogP contribution < -0.4 is 16.2 Å². The molecule has 0 amide bonds. The lowest BCUT2D eigenvalue weighted by molar-refractivity contribution is 0.414. The number of nitrogens with two attached hydrogens (primary N) is 2. The first-order valence-electron chi connectivity index (χ1n) is 3.98. The van der Waals surface area contributed by atoms with Crippen molar-refractivity contribution >= 4 is 15.9 Å². The Balaban J connectivity index is 2.98. The molecule has 0 fully saturated rings. The van der Waals surface area contributed by atoms with Crippen LogP contribution in [0.15, 0.2) is 22.7 Å². The van der Waals surface area contributed by atoms with Gasteiger partial charge in [-0.1, -0.05) is 22.0 Å². The lowest BCUT2D eigenvalue weighted by Gasteiger charge is -2.12. The molecule has 0 bridgehead atoms. The van der Waals surface area contributed by atoms with Gasteiger partial charge in [-0.25, -0.2) is 0 Å². The molecule has 0 heterocycles. The Hall–Kier alpha value is -0.580. The van der Waals surface area contributed by atoms with E-state index in [1.54, 1.807) is 7.11 Å². The summed E-state index contributed by atoms with van der Waals surface area (Å²) in [5.41, 5.74) is 12.3. The minimum Gasteiger partial charge on any atom is -0.497 e. The Bertz CT molecular complexity index is 291. The summed E-state index contributed by atoms with van der Waals surface area (Å²) in [7, 11) is 1.63. The Morgan fingerprint density at radius 3 is 2.69 bits per heavy atom. The predicted octanol–water partition coefficient (Wildman–Crippen LogP) is 1.42. The van der Waals surface area contributed by atoms with Gasteiger partial charge in [-0.05, 0) is 17.7 Å². The highest BCUT2D eigenvalue weighted by atomic mass is 79.9. The zero-order valence-electron chi connectivity index (χ0n) is 7.46. The highest BCUT2D eigenvalue weighted by Crippen LogP contribution is 2.26. The maximum absolute atomic E-state index is 5.79. The van der Waals surface area contributed by atoms with Crippen molar-refractivity contribution in [1.29, 1.82) is 0 Å². The molecule has 0 aromatic heterocycles. The molecule has 1 rings (SSSR count). The average Bonchev–Trinajstić information content (AvgIpc) is 2.16. The van der Waals surface area contributed by atoms with Crippen LogP contribution in [0.3, 0.4) is 0 Å². The van der Waals surface area contributed by atoms with Gasteiger partial charge in [0.2, 0.25) is 0 Å². The zero-order valence-corrected chi connectivity index (χ0v) is 9.04. The van der Waals surface area contributed by atoms with Crippen molar-refractivity contribution in [2.75, 3.05) is 13.7 Å². The van der Waals surface area contributed by atoms with E-state index in [1.165, 1.54) is 0 Å². The van der Waals surface area contributed by atoms with Crippen LogP contribution in [0.1, 0.15) is 11.6 Å². The fraction of sp³-hybridized carbons (Fsp3) is 0.333.